The van der Waals surface area contributed by atoms with Crippen molar-refractivity contribution in [1.29, 1.82) is 0 Å². The predicted molar refractivity (Wildman–Crippen MR) is 50.1 cm³/mol. The first kappa shape index (κ1) is 9.86. The van der Waals surface area contributed by atoms with Crippen LogP contribution in [0.5, 0.6) is 11.5 Å². The van der Waals surface area contributed by atoms with Crippen LogP contribution in [0.4, 0.5) is 0 Å². The SMILES string of the molecule is CO[C@H](C)COc1ccc(O)cc1. The quantitative estimate of drug-likeness (QED) is 0.771. The minimum absolute atomic E-state index is 0.0776. The molecule has 0 aliphatic heterocycles. The van der Waals surface area contributed by atoms with Gasteiger partial charge in [-0.3, -0.25) is 0 Å². The van der Waals surface area contributed by atoms with Gasteiger partial charge in [-0.1, -0.05) is 0 Å². The molecule has 72 valence electrons. The van der Waals surface area contributed by atoms with Gasteiger partial charge in [0.1, 0.15) is 18.1 Å². The first-order valence-electron chi connectivity index (χ1n) is 4.17. The lowest BCUT2D eigenvalue weighted by Gasteiger charge is -2.10. The fourth-order valence-corrected chi connectivity index (χ4v) is 0.824. The van der Waals surface area contributed by atoms with Gasteiger partial charge in [-0.05, 0) is 31.2 Å². The normalized spacial score (nSPS) is 12.5. The Bertz CT molecular complexity index is 243. The average Bonchev–Trinajstić information content (AvgIpc) is 2.16. The summed E-state index contributed by atoms with van der Waals surface area (Å²) in [4.78, 5) is 0. The number of phenolic OH excluding ortho intramolecular Hbond substituents is 1. The van der Waals surface area contributed by atoms with E-state index in [2.05, 4.69) is 0 Å². The first-order chi connectivity index (χ1) is 6.22. The molecule has 0 spiro atoms. The Morgan fingerprint density at radius 1 is 1.31 bits per heavy atom. The van der Waals surface area contributed by atoms with E-state index in [1.807, 2.05) is 6.92 Å². The predicted octanol–water partition coefficient (Wildman–Crippen LogP) is 1.81. The second-order valence-electron chi connectivity index (χ2n) is 2.85. The molecule has 0 bridgehead atoms. The third kappa shape index (κ3) is 3.34. The van der Waals surface area contributed by atoms with Crippen LogP contribution in [0, 0.1) is 0 Å². The van der Waals surface area contributed by atoms with Crippen LogP contribution in [0.25, 0.3) is 0 Å². The largest absolute Gasteiger partial charge is 0.508 e. The molecule has 0 radical (unpaired) electrons. The maximum Gasteiger partial charge on any atom is 0.119 e. The molecule has 3 nitrogen and oxygen atoms in total. The molecule has 1 aromatic carbocycles. The van der Waals surface area contributed by atoms with Gasteiger partial charge in [0.25, 0.3) is 0 Å². The van der Waals surface area contributed by atoms with Crippen molar-refractivity contribution < 1.29 is 14.6 Å². The summed E-state index contributed by atoms with van der Waals surface area (Å²) in [7, 11) is 1.64. The molecule has 0 unspecified atom stereocenters. The molecule has 1 N–H and O–H groups in total. The highest BCUT2D eigenvalue weighted by Crippen LogP contribution is 2.15. The number of methoxy groups -OCH3 is 1. The van der Waals surface area contributed by atoms with Gasteiger partial charge >= 0.3 is 0 Å². The molecule has 3 heteroatoms. The monoisotopic (exact) mass is 182 g/mol. The van der Waals surface area contributed by atoms with Gasteiger partial charge in [-0.15, -0.1) is 0 Å². The number of rotatable bonds is 4. The van der Waals surface area contributed by atoms with Gasteiger partial charge in [-0.25, -0.2) is 0 Å². The van der Waals surface area contributed by atoms with Crippen molar-refractivity contribution in [2.45, 2.75) is 13.0 Å². The van der Waals surface area contributed by atoms with Gasteiger partial charge < -0.3 is 14.6 Å². The molecule has 0 saturated heterocycles. The lowest BCUT2D eigenvalue weighted by atomic mass is 10.3. The smallest absolute Gasteiger partial charge is 0.119 e. The van der Waals surface area contributed by atoms with Crippen LogP contribution in [-0.4, -0.2) is 24.9 Å². The Morgan fingerprint density at radius 3 is 2.46 bits per heavy atom. The van der Waals surface area contributed by atoms with Crippen LogP contribution in [0.15, 0.2) is 24.3 Å². The Kier molecular flexibility index (Phi) is 3.58. The van der Waals surface area contributed by atoms with Crippen LogP contribution in [0.1, 0.15) is 6.92 Å². The minimum Gasteiger partial charge on any atom is -0.508 e. The van der Waals surface area contributed by atoms with E-state index in [1.165, 1.54) is 0 Å². The molecule has 0 aliphatic carbocycles. The Labute approximate surface area is 77.9 Å². The summed E-state index contributed by atoms with van der Waals surface area (Å²) in [5.74, 6) is 0.980. The zero-order valence-electron chi connectivity index (χ0n) is 7.86. The van der Waals surface area contributed by atoms with Crippen molar-refractivity contribution in [2.75, 3.05) is 13.7 Å². The standard InChI is InChI=1S/C10H14O3/c1-8(12-2)7-13-10-5-3-9(11)4-6-10/h3-6,8,11H,7H2,1-2H3/t8-/m1/s1. The summed E-state index contributed by atoms with van der Waals surface area (Å²) in [5.41, 5.74) is 0. The molecule has 13 heavy (non-hydrogen) atoms. The van der Waals surface area contributed by atoms with Gasteiger partial charge in [0, 0.05) is 7.11 Å². The van der Waals surface area contributed by atoms with E-state index < -0.39 is 0 Å². The molecule has 0 aromatic heterocycles. The Morgan fingerprint density at radius 2 is 1.92 bits per heavy atom. The first-order valence-corrected chi connectivity index (χ1v) is 4.17. The van der Waals surface area contributed by atoms with E-state index >= 15 is 0 Å². The highest BCUT2D eigenvalue weighted by Gasteiger charge is 2.00. The molecule has 0 amide bonds. The third-order valence-corrected chi connectivity index (χ3v) is 1.72. The molecule has 1 rings (SSSR count). The average molecular weight is 182 g/mol. The summed E-state index contributed by atoms with van der Waals surface area (Å²) in [5, 5.41) is 9.00. The number of benzene rings is 1. The number of hydrogen-bond acceptors (Lipinski definition) is 3. The summed E-state index contributed by atoms with van der Waals surface area (Å²) in [6, 6.07) is 6.62. The van der Waals surface area contributed by atoms with Crippen LogP contribution in [-0.2, 0) is 4.74 Å². The van der Waals surface area contributed by atoms with Crippen LogP contribution >= 0.6 is 0 Å². The van der Waals surface area contributed by atoms with E-state index in [4.69, 9.17) is 14.6 Å². The summed E-state index contributed by atoms with van der Waals surface area (Å²) < 4.78 is 10.4. The van der Waals surface area contributed by atoms with E-state index in [1.54, 1.807) is 31.4 Å². The molecule has 0 fully saturated rings. The minimum atomic E-state index is 0.0776. The second-order valence-corrected chi connectivity index (χ2v) is 2.85. The maximum absolute atomic E-state index is 9.00. The molecule has 1 atom stereocenters. The van der Waals surface area contributed by atoms with Crippen LogP contribution in [0.2, 0.25) is 0 Å². The van der Waals surface area contributed by atoms with E-state index in [-0.39, 0.29) is 11.9 Å². The van der Waals surface area contributed by atoms with E-state index in [0.717, 1.165) is 5.75 Å². The number of ether oxygens (including phenoxy) is 2. The van der Waals surface area contributed by atoms with Crippen LogP contribution < -0.4 is 4.74 Å². The topological polar surface area (TPSA) is 38.7 Å². The number of hydrogen-bond donors (Lipinski definition) is 1. The molecular weight excluding hydrogens is 168 g/mol. The van der Waals surface area contributed by atoms with Crippen molar-refractivity contribution in [2.24, 2.45) is 0 Å². The van der Waals surface area contributed by atoms with Crippen molar-refractivity contribution in [3.8, 4) is 11.5 Å². The lowest BCUT2D eigenvalue weighted by Crippen LogP contribution is -2.15. The highest BCUT2D eigenvalue weighted by atomic mass is 16.5. The van der Waals surface area contributed by atoms with Gasteiger partial charge in [0.15, 0.2) is 0 Å². The van der Waals surface area contributed by atoms with E-state index in [0.29, 0.717) is 6.61 Å². The van der Waals surface area contributed by atoms with Crippen molar-refractivity contribution >= 4 is 0 Å². The zero-order chi connectivity index (χ0) is 9.68. The summed E-state index contributed by atoms with van der Waals surface area (Å²) >= 11 is 0. The summed E-state index contributed by atoms with van der Waals surface area (Å²) in [6.45, 7) is 2.45. The van der Waals surface area contributed by atoms with Crippen molar-refractivity contribution in [3.05, 3.63) is 24.3 Å². The summed E-state index contributed by atoms with van der Waals surface area (Å²) in [6.07, 6.45) is 0.0776. The lowest BCUT2D eigenvalue weighted by molar-refractivity contribution is 0.0716. The highest BCUT2D eigenvalue weighted by molar-refractivity contribution is 5.29. The van der Waals surface area contributed by atoms with Crippen LogP contribution in [0.3, 0.4) is 0 Å². The molecule has 0 heterocycles. The molecular formula is C10H14O3. The zero-order valence-corrected chi connectivity index (χ0v) is 7.86. The Hall–Kier alpha value is -1.22. The third-order valence-electron chi connectivity index (χ3n) is 1.72. The maximum atomic E-state index is 9.00. The Balaban J connectivity index is 2.41. The fraction of sp³-hybridized carbons (Fsp3) is 0.400. The fourth-order valence-electron chi connectivity index (χ4n) is 0.824. The van der Waals surface area contributed by atoms with Gasteiger partial charge in [0.2, 0.25) is 0 Å². The van der Waals surface area contributed by atoms with Gasteiger partial charge in [0.05, 0.1) is 6.10 Å². The van der Waals surface area contributed by atoms with Crippen molar-refractivity contribution in [1.82, 2.24) is 0 Å². The molecule has 0 saturated carbocycles. The second kappa shape index (κ2) is 4.72. The van der Waals surface area contributed by atoms with E-state index in [9.17, 15) is 0 Å². The molecule has 0 aliphatic rings. The molecule has 1 aromatic rings. The van der Waals surface area contributed by atoms with Crippen molar-refractivity contribution in [3.63, 3.8) is 0 Å². The number of aromatic hydroxyl groups is 1. The van der Waals surface area contributed by atoms with Gasteiger partial charge in [-0.2, -0.15) is 0 Å². The number of phenols is 1.